The van der Waals surface area contributed by atoms with Crippen molar-refractivity contribution in [1.82, 2.24) is 15.1 Å². The summed E-state index contributed by atoms with van der Waals surface area (Å²) in [5.41, 5.74) is 3.01. The minimum Gasteiger partial charge on any atom is -0.338 e. The summed E-state index contributed by atoms with van der Waals surface area (Å²) < 4.78 is 0.871. The van der Waals surface area contributed by atoms with E-state index in [2.05, 4.69) is 26.1 Å². The number of nitrogens with one attached hydrogen (secondary N) is 1. The fourth-order valence-corrected chi connectivity index (χ4v) is 3.54. The normalized spacial score (nSPS) is 18.8. The number of halogens is 1. The first-order valence-electron chi connectivity index (χ1n) is 7.20. The summed E-state index contributed by atoms with van der Waals surface area (Å²) in [6, 6.07) is 7.87. The van der Waals surface area contributed by atoms with Crippen LogP contribution in [0.1, 0.15) is 40.4 Å². The number of benzene rings is 1. The van der Waals surface area contributed by atoms with Gasteiger partial charge in [0.1, 0.15) is 0 Å². The molecular formula is C16H18BrN3O. The second-order valence-electron chi connectivity index (χ2n) is 5.59. The fraction of sp³-hybridized carbons (Fsp3) is 0.375. The second-order valence-corrected chi connectivity index (χ2v) is 6.44. The number of carbonyl (C=O) groups excluding carboxylic acids is 1. The molecule has 1 aromatic carbocycles. The molecule has 5 heteroatoms. The van der Waals surface area contributed by atoms with Crippen LogP contribution in [0.3, 0.4) is 0 Å². The number of hydrogen-bond donors (Lipinski definition) is 1. The fourth-order valence-electron chi connectivity index (χ4n) is 2.87. The number of aromatic amines is 1. The standard InChI is InChI=1S/C16H18BrN3O/c1-11-4-5-13(14(17)9-11)16(21)20-8-2-3-12(10-20)15-6-7-18-19-15/h4-7,9,12H,2-3,8,10H2,1H3,(H,18,19). The molecule has 0 spiro atoms. The minimum absolute atomic E-state index is 0.103. The van der Waals surface area contributed by atoms with E-state index in [1.807, 2.05) is 36.1 Å². The van der Waals surface area contributed by atoms with Gasteiger partial charge in [0.2, 0.25) is 0 Å². The highest BCUT2D eigenvalue weighted by molar-refractivity contribution is 9.10. The van der Waals surface area contributed by atoms with Gasteiger partial charge in [-0.25, -0.2) is 0 Å². The van der Waals surface area contributed by atoms with Crippen LogP contribution in [0.2, 0.25) is 0 Å². The summed E-state index contributed by atoms with van der Waals surface area (Å²) >= 11 is 3.50. The quantitative estimate of drug-likeness (QED) is 0.903. The molecule has 110 valence electrons. The van der Waals surface area contributed by atoms with Gasteiger partial charge in [0, 0.05) is 35.4 Å². The van der Waals surface area contributed by atoms with Crippen LogP contribution in [0.15, 0.2) is 34.9 Å². The van der Waals surface area contributed by atoms with Crippen LogP contribution in [-0.4, -0.2) is 34.1 Å². The van der Waals surface area contributed by atoms with Crippen LogP contribution in [0.25, 0.3) is 0 Å². The van der Waals surface area contributed by atoms with E-state index >= 15 is 0 Å². The van der Waals surface area contributed by atoms with Gasteiger partial charge >= 0.3 is 0 Å². The lowest BCUT2D eigenvalue weighted by Crippen LogP contribution is -2.39. The van der Waals surface area contributed by atoms with Crippen LogP contribution < -0.4 is 0 Å². The summed E-state index contributed by atoms with van der Waals surface area (Å²) in [7, 11) is 0. The molecule has 1 aromatic heterocycles. The molecule has 4 nitrogen and oxygen atoms in total. The topological polar surface area (TPSA) is 49.0 Å². The second kappa shape index (κ2) is 6.02. The molecule has 0 aliphatic carbocycles. The molecule has 3 rings (SSSR count). The monoisotopic (exact) mass is 347 g/mol. The summed E-state index contributed by atoms with van der Waals surface area (Å²) in [6.07, 6.45) is 3.90. The third kappa shape index (κ3) is 3.02. The minimum atomic E-state index is 0.103. The Hall–Kier alpha value is -1.62. The van der Waals surface area contributed by atoms with E-state index < -0.39 is 0 Å². The molecule has 0 radical (unpaired) electrons. The van der Waals surface area contributed by atoms with Crippen molar-refractivity contribution in [3.05, 3.63) is 51.8 Å². The molecule has 1 unspecified atom stereocenters. The van der Waals surface area contributed by atoms with Crippen LogP contribution in [-0.2, 0) is 0 Å². The van der Waals surface area contributed by atoms with E-state index in [-0.39, 0.29) is 5.91 Å². The van der Waals surface area contributed by atoms with Crippen LogP contribution in [0.4, 0.5) is 0 Å². The van der Waals surface area contributed by atoms with Gasteiger partial charge in [0.05, 0.1) is 5.56 Å². The zero-order chi connectivity index (χ0) is 14.8. The Labute approximate surface area is 132 Å². The molecular weight excluding hydrogens is 330 g/mol. The SMILES string of the molecule is Cc1ccc(C(=O)N2CCCC(c3ccn[nH]3)C2)c(Br)c1. The van der Waals surface area contributed by atoms with E-state index in [0.717, 1.165) is 47.2 Å². The predicted octanol–water partition coefficient (Wildman–Crippen LogP) is 3.50. The first-order valence-corrected chi connectivity index (χ1v) is 7.99. The predicted molar refractivity (Wildman–Crippen MR) is 85.3 cm³/mol. The van der Waals surface area contributed by atoms with Gasteiger partial charge in [-0.3, -0.25) is 9.89 Å². The summed E-state index contributed by atoms with van der Waals surface area (Å²) in [4.78, 5) is 14.7. The van der Waals surface area contributed by atoms with Crippen molar-refractivity contribution in [2.24, 2.45) is 0 Å². The number of aromatic nitrogens is 2. The number of piperidine rings is 1. The van der Waals surface area contributed by atoms with Crippen molar-refractivity contribution in [3.8, 4) is 0 Å². The Morgan fingerprint density at radius 1 is 1.43 bits per heavy atom. The van der Waals surface area contributed by atoms with Gasteiger partial charge in [-0.2, -0.15) is 5.10 Å². The lowest BCUT2D eigenvalue weighted by molar-refractivity contribution is 0.0705. The molecule has 21 heavy (non-hydrogen) atoms. The molecule has 1 aliphatic heterocycles. The Balaban J connectivity index is 1.78. The van der Waals surface area contributed by atoms with Crippen molar-refractivity contribution >= 4 is 21.8 Å². The third-order valence-corrected chi connectivity index (χ3v) is 4.68. The number of rotatable bonds is 2. The maximum atomic E-state index is 12.7. The van der Waals surface area contributed by atoms with E-state index in [9.17, 15) is 4.79 Å². The maximum absolute atomic E-state index is 12.7. The molecule has 1 aliphatic rings. The van der Waals surface area contributed by atoms with E-state index in [0.29, 0.717) is 5.92 Å². The highest BCUT2D eigenvalue weighted by Crippen LogP contribution is 2.28. The molecule has 2 aromatic rings. The average molecular weight is 348 g/mol. The number of H-pyrrole nitrogens is 1. The maximum Gasteiger partial charge on any atom is 0.255 e. The highest BCUT2D eigenvalue weighted by Gasteiger charge is 2.27. The van der Waals surface area contributed by atoms with Gasteiger partial charge in [-0.15, -0.1) is 0 Å². The number of likely N-dealkylation sites (tertiary alicyclic amines) is 1. The van der Waals surface area contributed by atoms with Crippen molar-refractivity contribution in [3.63, 3.8) is 0 Å². The Bertz CT molecular complexity index is 639. The average Bonchev–Trinajstić information content (AvgIpc) is 3.01. The Morgan fingerprint density at radius 3 is 3.00 bits per heavy atom. The van der Waals surface area contributed by atoms with Gasteiger partial charge in [-0.05, 0) is 59.5 Å². The van der Waals surface area contributed by atoms with Crippen molar-refractivity contribution in [1.29, 1.82) is 0 Å². The van der Waals surface area contributed by atoms with Crippen LogP contribution in [0.5, 0.6) is 0 Å². The molecule has 0 saturated carbocycles. The lowest BCUT2D eigenvalue weighted by atomic mass is 9.94. The smallest absolute Gasteiger partial charge is 0.255 e. The Morgan fingerprint density at radius 2 is 2.29 bits per heavy atom. The molecule has 1 fully saturated rings. The summed E-state index contributed by atoms with van der Waals surface area (Å²) in [6.45, 7) is 3.60. The molecule has 1 amide bonds. The largest absolute Gasteiger partial charge is 0.338 e. The van der Waals surface area contributed by atoms with Crippen molar-refractivity contribution < 1.29 is 4.79 Å². The third-order valence-electron chi connectivity index (χ3n) is 4.03. The summed E-state index contributed by atoms with van der Waals surface area (Å²) in [5, 5.41) is 7.04. The summed E-state index contributed by atoms with van der Waals surface area (Å²) in [5.74, 6) is 0.459. The van der Waals surface area contributed by atoms with Crippen LogP contribution >= 0.6 is 15.9 Å². The van der Waals surface area contributed by atoms with Crippen LogP contribution in [0, 0.1) is 6.92 Å². The molecule has 1 N–H and O–H groups in total. The number of hydrogen-bond acceptors (Lipinski definition) is 2. The number of amides is 1. The van der Waals surface area contributed by atoms with Gasteiger partial charge < -0.3 is 4.90 Å². The van der Waals surface area contributed by atoms with Gasteiger partial charge in [-0.1, -0.05) is 6.07 Å². The van der Waals surface area contributed by atoms with Gasteiger partial charge in [0.15, 0.2) is 0 Å². The zero-order valence-corrected chi connectivity index (χ0v) is 13.6. The van der Waals surface area contributed by atoms with Crippen molar-refractivity contribution in [2.45, 2.75) is 25.7 Å². The number of carbonyl (C=O) groups is 1. The number of aryl methyl sites for hydroxylation is 1. The van der Waals surface area contributed by atoms with Crippen molar-refractivity contribution in [2.75, 3.05) is 13.1 Å². The zero-order valence-electron chi connectivity index (χ0n) is 12.0. The van der Waals surface area contributed by atoms with E-state index in [1.165, 1.54) is 0 Å². The highest BCUT2D eigenvalue weighted by atomic mass is 79.9. The Kier molecular flexibility index (Phi) is 4.10. The first kappa shape index (κ1) is 14.3. The number of nitrogens with zero attached hydrogens (tertiary/aromatic N) is 2. The molecule has 1 atom stereocenters. The molecule has 2 heterocycles. The lowest BCUT2D eigenvalue weighted by Gasteiger charge is -2.32. The first-order chi connectivity index (χ1) is 10.1. The molecule has 1 saturated heterocycles. The molecule has 0 bridgehead atoms. The van der Waals surface area contributed by atoms with Gasteiger partial charge in [0.25, 0.3) is 5.91 Å². The van der Waals surface area contributed by atoms with E-state index in [1.54, 1.807) is 6.20 Å². The van der Waals surface area contributed by atoms with E-state index in [4.69, 9.17) is 0 Å².